The minimum absolute atomic E-state index is 0.200. The fourth-order valence-electron chi connectivity index (χ4n) is 3.92. The van der Waals surface area contributed by atoms with E-state index in [1.165, 1.54) is 32.1 Å². The summed E-state index contributed by atoms with van der Waals surface area (Å²) in [7, 11) is 0. The van der Waals surface area contributed by atoms with Crippen LogP contribution in [-0.2, 0) is 11.2 Å². The highest BCUT2D eigenvalue weighted by molar-refractivity contribution is 5.80. The number of furan rings is 1. The molecule has 3 rings (SSSR count). The number of guanidine groups is 1. The van der Waals surface area contributed by atoms with Crippen LogP contribution in [0.1, 0.15) is 57.6 Å². The van der Waals surface area contributed by atoms with Gasteiger partial charge >= 0.3 is 6.09 Å². The molecule has 0 aromatic carbocycles. The number of ether oxygens (including phenoxy) is 1. The van der Waals surface area contributed by atoms with E-state index in [2.05, 4.69) is 10.6 Å². The van der Waals surface area contributed by atoms with Crippen molar-refractivity contribution in [1.82, 2.24) is 15.5 Å². The van der Waals surface area contributed by atoms with E-state index in [1.54, 1.807) is 11.2 Å². The van der Waals surface area contributed by atoms with Gasteiger partial charge in [0.25, 0.3) is 0 Å². The Bertz CT molecular complexity index is 603. The van der Waals surface area contributed by atoms with Gasteiger partial charge in [-0.1, -0.05) is 19.3 Å². The number of rotatable bonds is 6. The van der Waals surface area contributed by atoms with Gasteiger partial charge in [-0.2, -0.15) is 0 Å². The van der Waals surface area contributed by atoms with E-state index in [1.807, 2.05) is 19.1 Å². The number of piperidine rings is 1. The number of amides is 1. The predicted molar refractivity (Wildman–Crippen MR) is 109 cm³/mol. The molecule has 7 nitrogen and oxygen atoms in total. The van der Waals surface area contributed by atoms with Crippen molar-refractivity contribution in [2.45, 2.75) is 70.4 Å². The van der Waals surface area contributed by atoms with Gasteiger partial charge in [0.05, 0.1) is 12.9 Å². The Morgan fingerprint density at radius 3 is 2.54 bits per heavy atom. The summed E-state index contributed by atoms with van der Waals surface area (Å²) in [6.45, 7) is 4.40. The van der Waals surface area contributed by atoms with Gasteiger partial charge in [0.2, 0.25) is 0 Å². The fourth-order valence-corrected chi connectivity index (χ4v) is 3.92. The van der Waals surface area contributed by atoms with Crippen molar-refractivity contribution in [3.63, 3.8) is 0 Å². The van der Waals surface area contributed by atoms with E-state index >= 15 is 0 Å². The molecule has 7 heteroatoms. The minimum Gasteiger partial charge on any atom is -0.469 e. The van der Waals surface area contributed by atoms with Crippen molar-refractivity contribution in [2.24, 2.45) is 4.99 Å². The highest BCUT2D eigenvalue weighted by atomic mass is 16.6. The average molecular weight is 391 g/mol. The summed E-state index contributed by atoms with van der Waals surface area (Å²) in [4.78, 5) is 18.5. The third-order valence-electron chi connectivity index (χ3n) is 5.52. The Labute approximate surface area is 167 Å². The molecule has 2 heterocycles. The van der Waals surface area contributed by atoms with Crippen molar-refractivity contribution in [3.05, 3.63) is 24.2 Å². The first kappa shape index (κ1) is 20.6. The van der Waals surface area contributed by atoms with Crippen LogP contribution in [0, 0.1) is 0 Å². The molecule has 1 aliphatic carbocycles. The largest absolute Gasteiger partial charge is 0.469 e. The van der Waals surface area contributed by atoms with Crippen molar-refractivity contribution >= 4 is 12.1 Å². The van der Waals surface area contributed by atoms with Crippen molar-refractivity contribution in [3.8, 4) is 0 Å². The van der Waals surface area contributed by atoms with Crippen LogP contribution in [0.25, 0.3) is 0 Å². The number of carbonyl (C=O) groups excluding carboxylic acids is 1. The van der Waals surface area contributed by atoms with Gasteiger partial charge in [-0.15, -0.1) is 0 Å². The summed E-state index contributed by atoms with van der Waals surface area (Å²) in [6, 6.07) is 4.73. The van der Waals surface area contributed by atoms with Crippen LogP contribution in [0.2, 0.25) is 0 Å². The Kier molecular flexibility index (Phi) is 8.06. The standard InChI is InChI=1S/C21H34N4O3/c1-2-27-21(26)25-14-11-18(12-15-25)24-20(23-17-7-4-3-5-8-17)22-13-10-19-9-6-16-28-19/h6,9,16-18H,2-5,7-8,10-15H2,1H3,(H2,22,23,24). The summed E-state index contributed by atoms with van der Waals surface area (Å²) < 4.78 is 10.5. The maximum absolute atomic E-state index is 11.9. The first-order chi connectivity index (χ1) is 13.7. The lowest BCUT2D eigenvalue weighted by molar-refractivity contribution is 0.0963. The zero-order valence-corrected chi connectivity index (χ0v) is 17.0. The number of hydrogen-bond donors (Lipinski definition) is 2. The number of likely N-dealkylation sites (tertiary alicyclic amines) is 1. The lowest BCUT2D eigenvalue weighted by Crippen LogP contribution is -2.52. The second-order valence-electron chi connectivity index (χ2n) is 7.64. The summed E-state index contributed by atoms with van der Waals surface area (Å²) in [5.74, 6) is 1.86. The fraction of sp³-hybridized carbons (Fsp3) is 0.714. The molecule has 1 aromatic rings. The Morgan fingerprint density at radius 2 is 1.89 bits per heavy atom. The summed E-state index contributed by atoms with van der Waals surface area (Å²) >= 11 is 0. The second-order valence-corrected chi connectivity index (χ2v) is 7.64. The molecular weight excluding hydrogens is 356 g/mol. The SMILES string of the molecule is CCOC(=O)N1CCC(NC(=NCCc2ccco2)NC2CCCCC2)CC1. The maximum atomic E-state index is 11.9. The maximum Gasteiger partial charge on any atom is 0.409 e. The average Bonchev–Trinajstić information content (AvgIpc) is 3.23. The zero-order chi connectivity index (χ0) is 19.6. The van der Waals surface area contributed by atoms with E-state index in [-0.39, 0.29) is 6.09 Å². The molecule has 0 bridgehead atoms. The van der Waals surface area contributed by atoms with Crippen LogP contribution < -0.4 is 10.6 Å². The Morgan fingerprint density at radius 1 is 1.18 bits per heavy atom. The van der Waals surface area contributed by atoms with E-state index in [4.69, 9.17) is 14.1 Å². The van der Waals surface area contributed by atoms with Crippen LogP contribution >= 0.6 is 0 Å². The Balaban J connectivity index is 1.51. The first-order valence-corrected chi connectivity index (χ1v) is 10.8. The van der Waals surface area contributed by atoms with E-state index in [0.717, 1.165) is 44.1 Å². The topological polar surface area (TPSA) is 79.1 Å². The number of hydrogen-bond acceptors (Lipinski definition) is 4. The molecule has 1 saturated heterocycles. The smallest absolute Gasteiger partial charge is 0.409 e. The zero-order valence-electron chi connectivity index (χ0n) is 17.0. The molecule has 156 valence electrons. The number of carbonyl (C=O) groups is 1. The van der Waals surface area contributed by atoms with Crippen LogP contribution in [0.4, 0.5) is 4.79 Å². The molecule has 0 unspecified atom stereocenters. The summed E-state index contributed by atoms with van der Waals surface area (Å²) in [5, 5.41) is 7.24. The molecule has 28 heavy (non-hydrogen) atoms. The van der Waals surface area contributed by atoms with Gasteiger partial charge in [-0.3, -0.25) is 4.99 Å². The quantitative estimate of drug-likeness (QED) is 0.575. The van der Waals surface area contributed by atoms with E-state index < -0.39 is 0 Å². The summed E-state index contributed by atoms with van der Waals surface area (Å²) in [5.41, 5.74) is 0. The monoisotopic (exact) mass is 390 g/mol. The predicted octanol–water partition coefficient (Wildman–Crippen LogP) is 3.31. The van der Waals surface area contributed by atoms with Crippen LogP contribution in [0.3, 0.4) is 0 Å². The molecule has 1 aromatic heterocycles. The van der Waals surface area contributed by atoms with E-state index in [9.17, 15) is 4.79 Å². The molecule has 1 aliphatic heterocycles. The van der Waals surface area contributed by atoms with E-state index in [0.29, 0.717) is 25.2 Å². The van der Waals surface area contributed by atoms with Gasteiger partial charge in [0.1, 0.15) is 5.76 Å². The molecule has 0 atom stereocenters. The molecule has 2 fully saturated rings. The highest BCUT2D eigenvalue weighted by Gasteiger charge is 2.25. The Hall–Kier alpha value is -2.18. The van der Waals surface area contributed by atoms with Crippen LogP contribution in [0.15, 0.2) is 27.8 Å². The molecular formula is C21H34N4O3. The highest BCUT2D eigenvalue weighted by Crippen LogP contribution is 2.17. The first-order valence-electron chi connectivity index (χ1n) is 10.8. The molecule has 0 spiro atoms. The second kappa shape index (κ2) is 11.0. The molecule has 0 radical (unpaired) electrons. The molecule has 2 N–H and O–H groups in total. The third kappa shape index (κ3) is 6.46. The lowest BCUT2D eigenvalue weighted by Gasteiger charge is -2.33. The van der Waals surface area contributed by atoms with Gasteiger partial charge in [0, 0.05) is 38.1 Å². The molecule has 2 aliphatic rings. The van der Waals surface area contributed by atoms with Crippen molar-refractivity contribution in [2.75, 3.05) is 26.2 Å². The van der Waals surface area contributed by atoms with Crippen molar-refractivity contribution < 1.29 is 13.9 Å². The number of nitrogens with zero attached hydrogens (tertiary/aromatic N) is 2. The van der Waals surface area contributed by atoms with Crippen LogP contribution in [-0.4, -0.2) is 55.3 Å². The lowest BCUT2D eigenvalue weighted by atomic mass is 9.95. The number of nitrogens with one attached hydrogen (secondary N) is 2. The van der Waals surface area contributed by atoms with Gasteiger partial charge in [-0.05, 0) is 44.7 Å². The third-order valence-corrected chi connectivity index (χ3v) is 5.52. The summed E-state index contributed by atoms with van der Waals surface area (Å²) in [6.07, 6.45) is 10.4. The van der Waals surface area contributed by atoms with Gasteiger partial charge in [0.15, 0.2) is 5.96 Å². The normalized spacial score (nSPS) is 19.5. The van der Waals surface area contributed by atoms with Crippen molar-refractivity contribution in [1.29, 1.82) is 0 Å². The van der Waals surface area contributed by atoms with Gasteiger partial charge < -0.3 is 24.7 Å². The molecule has 1 amide bonds. The number of aliphatic imine (C=N–C) groups is 1. The van der Waals surface area contributed by atoms with Gasteiger partial charge in [-0.25, -0.2) is 4.79 Å². The minimum atomic E-state index is -0.200. The molecule has 1 saturated carbocycles. The van der Waals surface area contributed by atoms with Crippen LogP contribution in [0.5, 0.6) is 0 Å².